The fourth-order valence-corrected chi connectivity index (χ4v) is 6.59. The summed E-state index contributed by atoms with van der Waals surface area (Å²) in [5, 5.41) is 2.71. The summed E-state index contributed by atoms with van der Waals surface area (Å²) in [5.41, 5.74) is 6.51. The Morgan fingerprint density at radius 2 is 1.38 bits per heavy atom. The number of carbonyl (C=O) groups is 2. The first-order valence-corrected chi connectivity index (χ1v) is 16.6. The Bertz CT molecular complexity index is 1950. The molecule has 0 saturated heterocycles. The fraction of sp³-hybridized carbons (Fsp3) is 0.158. The lowest BCUT2D eigenvalue weighted by molar-refractivity contribution is -0.146. The largest absolute Gasteiger partial charge is 0.460 e. The van der Waals surface area contributed by atoms with E-state index in [1.807, 2.05) is 73.7 Å². The normalized spacial score (nSPS) is 12.8. The molecular weight excluding hydrogens is 614 g/mol. The molecule has 47 heavy (non-hydrogen) atoms. The van der Waals surface area contributed by atoms with Gasteiger partial charge in [0.05, 0.1) is 5.92 Å². The summed E-state index contributed by atoms with van der Waals surface area (Å²) < 4.78 is 42.6. The highest BCUT2D eigenvalue weighted by Crippen LogP contribution is 2.44. The molecule has 1 aliphatic carbocycles. The lowest BCUT2D eigenvalue weighted by atomic mass is 9.98. The number of alkyl carbamates (subject to hydrolysis) is 1. The van der Waals surface area contributed by atoms with Gasteiger partial charge in [0.15, 0.2) is 0 Å². The van der Waals surface area contributed by atoms with Gasteiger partial charge >= 0.3 is 22.2 Å². The molecule has 0 saturated carbocycles. The van der Waals surface area contributed by atoms with Gasteiger partial charge in [-0.1, -0.05) is 109 Å². The molecule has 8 nitrogen and oxygen atoms in total. The highest BCUT2D eigenvalue weighted by molar-refractivity contribution is 7.87. The molecule has 0 heterocycles. The van der Waals surface area contributed by atoms with Crippen molar-refractivity contribution in [3.63, 3.8) is 0 Å². The van der Waals surface area contributed by atoms with E-state index in [2.05, 4.69) is 17.4 Å². The minimum atomic E-state index is -4.13. The minimum absolute atomic E-state index is 0.00393. The second-order valence-electron chi connectivity index (χ2n) is 11.3. The quantitative estimate of drug-likeness (QED) is 0.120. The number of benzene rings is 5. The first-order chi connectivity index (χ1) is 22.8. The first-order valence-electron chi connectivity index (χ1n) is 15.2. The Morgan fingerprint density at radius 1 is 0.745 bits per heavy atom. The van der Waals surface area contributed by atoms with E-state index >= 15 is 0 Å². The Balaban J connectivity index is 1.17. The van der Waals surface area contributed by atoms with E-state index in [1.54, 1.807) is 24.3 Å². The lowest BCUT2D eigenvalue weighted by Crippen LogP contribution is -2.33. The highest BCUT2D eigenvalue weighted by atomic mass is 32.2. The predicted octanol–water partition coefficient (Wildman–Crippen LogP) is 7.13. The van der Waals surface area contributed by atoms with Crippen LogP contribution in [0.2, 0.25) is 0 Å². The molecular formula is C38H33NO7S. The van der Waals surface area contributed by atoms with E-state index in [1.165, 1.54) is 24.3 Å². The van der Waals surface area contributed by atoms with Crippen molar-refractivity contribution in [2.75, 3.05) is 13.2 Å². The van der Waals surface area contributed by atoms with Crippen LogP contribution in [0.5, 0.6) is 5.75 Å². The van der Waals surface area contributed by atoms with Gasteiger partial charge in [-0.15, -0.1) is 0 Å². The summed E-state index contributed by atoms with van der Waals surface area (Å²) >= 11 is 0. The Morgan fingerprint density at radius 3 is 2.06 bits per heavy atom. The van der Waals surface area contributed by atoms with Gasteiger partial charge in [-0.2, -0.15) is 8.42 Å². The van der Waals surface area contributed by atoms with Gasteiger partial charge in [0.1, 0.15) is 23.9 Å². The molecule has 1 aliphatic rings. The molecule has 0 bridgehead atoms. The van der Waals surface area contributed by atoms with E-state index in [9.17, 15) is 18.0 Å². The number of nitrogens with one attached hydrogen (secondary N) is 1. The van der Waals surface area contributed by atoms with E-state index < -0.39 is 28.1 Å². The number of hydrogen-bond donors (Lipinski definition) is 1. The van der Waals surface area contributed by atoms with E-state index in [4.69, 9.17) is 13.7 Å². The van der Waals surface area contributed by atoms with Crippen molar-refractivity contribution in [2.24, 2.45) is 0 Å². The molecule has 6 rings (SSSR count). The van der Waals surface area contributed by atoms with Gasteiger partial charge in [0.2, 0.25) is 0 Å². The van der Waals surface area contributed by atoms with Gasteiger partial charge in [-0.25, -0.2) is 4.79 Å². The zero-order valence-corrected chi connectivity index (χ0v) is 26.5. The van der Waals surface area contributed by atoms with Crippen LogP contribution < -0.4 is 9.50 Å². The third-order valence-electron chi connectivity index (χ3n) is 8.08. The molecule has 238 valence electrons. The average molecular weight is 648 g/mol. The van der Waals surface area contributed by atoms with Crippen LogP contribution in [-0.4, -0.2) is 33.6 Å². The molecule has 0 radical (unpaired) electrons. The molecule has 1 amide bonds. The van der Waals surface area contributed by atoms with Gasteiger partial charge in [-0.05, 0) is 64.6 Å². The molecule has 5 aromatic carbocycles. The SMILES string of the molecule is Cc1ccc(S(=O)(=O)Oc2cccc(C(CNC(=O)OCC3c4ccccc4-c4ccccc43)C(=O)OCc3ccccc3)c2)cc1. The monoisotopic (exact) mass is 647 g/mol. The standard InChI is InChI=1S/C38H33NO7S/c1-26-18-20-30(21-19-26)47(42,43)46-29-13-9-12-28(22-29)35(37(40)44-24-27-10-3-2-4-11-27)23-39-38(41)45-25-36-33-16-7-5-14-31(33)32-15-6-8-17-34(32)36/h2-22,35-36H,23-25H2,1H3,(H,39,41). The van der Waals surface area contributed by atoms with Crippen molar-refractivity contribution in [1.82, 2.24) is 5.32 Å². The van der Waals surface area contributed by atoms with Gasteiger partial charge in [-0.3, -0.25) is 4.79 Å². The third-order valence-corrected chi connectivity index (χ3v) is 9.34. The summed E-state index contributed by atoms with van der Waals surface area (Å²) in [4.78, 5) is 26.5. The van der Waals surface area contributed by atoms with Crippen LogP contribution in [0.4, 0.5) is 4.79 Å². The third kappa shape index (κ3) is 7.37. The number of ether oxygens (including phenoxy) is 2. The topological polar surface area (TPSA) is 108 Å². The minimum Gasteiger partial charge on any atom is -0.460 e. The number of aryl methyl sites for hydroxylation is 1. The number of amides is 1. The van der Waals surface area contributed by atoms with Crippen molar-refractivity contribution in [2.45, 2.75) is 30.3 Å². The maximum absolute atomic E-state index is 13.4. The number of hydrogen-bond acceptors (Lipinski definition) is 7. The fourth-order valence-electron chi connectivity index (χ4n) is 5.66. The van der Waals surface area contributed by atoms with Crippen LogP contribution in [0, 0.1) is 6.92 Å². The summed E-state index contributed by atoms with van der Waals surface area (Å²) in [6.07, 6.45) is -0.693. The molecule has 5 aromatic rings. The van der Waals surface area contributed by atoms with Crippen molar-refractivity contribution in [1.29, 1.82) is 0 Å². The summed E-state index contributed by atoms with van der Waals surface area (Å²) in [6, 6.07) is 37.8. The number of esters is 1. The van der Waals surface area contributed by atoms with E-state index in [0.29, 0.717) is 5.56 Å². The van der Waals surface area contributed by atoms with E-state index in [0.717, 1.165) is 33.4 Å². The van der Waals surface area contributed by atoms with Crippen LogP contribution in [0.3, 0.4) is 0 Å². The summed E-state index contributed by atoms with van der Waals surface area (Å²) in [5.74, 6) is -1.69. The Kier molecular flexibility index (Phi) is 9.35. The number of carbonyl (C=O) groups excluding carboxylic acids is 2. The smallest absolute Gasteiger partial charge is 0.407 e. The van der Waals surface area contributed by atoms with Crippen molar-refractivity contribution >= 4 is 22.2 Å². The average Bonchev–Trinajstić information content (AvgIpc) is 3.40. The lowest BCUT2D eigenvalue weighted by Gasteiger charge is -2.19. The zero-order valence-electron chi connectivity index (χ0n) is 25.7. The second-order valence-corrected chi connectivity index (χ2v) is 12.8. The van der Waals surface area contributed by atoms with Crippen LogP contribution in [-0.2, 0) is 31.0 Å². The van der Waals surface area contributed by atoms with Crippen LogP contribution in [0.15, 0.2) is 132 Å². The molecule has 1 atom stereocenters. The van der Waals surface area contributed by atoms with E-state index in [-0.39, 0.29) is 36.3 Å². The first kappa shape index (κ1) is 31.6. The maximum atomic E-state index is 13.4. The highest BCUT2D eigenvalue weighted by Gasteiger charge is 2.30. The van der Waals surface area contributed by atoms with Gasteiger partial charge < -0.3 is 19.0 Å². The Labute approximate surface area is 274 Å². The van der Waals surface area contributed by atoms with Gasteiger partial charge in [0, 0.05) is 12.5 Å². The maximum Gasteiger partial charge on any atom is 0.407 e. The molecule has 0 spiro atoms. The number of rotatable bonds is 11. The molecule has 0 fully saturated rings. The summed E-state index contributed by atoms with van der Waals surface area (Å²) in [7, 11) is -4.13. The molecule has 0 aliphatic heterocycles. The predicted molar refractivity (Wildman–Crippen MR) is 177 cm³/mol. The van der Waals surface area contributed by atoms with Crippen LogP contribution >= 0.6 is 0 Å². The molecule has 1 N–H and O–H groups in total. The number of fused-ring (bicyclic) bond motifs is 3. The molecule has 9 heteroatoms. The molecule has 1 unspecified atom stereocenters. The van der Waals surface area contributed by atoms with Crippen LogP contribution in [0.25, 0.3) is 11.1 Å². The van der Waals surface area contributed by atoms with Crippen molar-refractivity contribution in [3.8, 4) is 16.9 Å². The Hall–Kier alpha value is -5.41. The van der Waals surface area contributed by atoms with Gasteiger partial charge in [0.25, 0.3) is 0 Å². The van der Waals surface area contributed by atoms with Crippen molar-refractivity contribution in [3.05, 3.63) is 155 Å². The summed E-state index contributed by atoms with van der Waals surface area (Å²) in [6.45, 7) is 1.84. The second kappa shape index (κ2) is 13.9. The van der Waals surface area contributed by atoms with Crippen LogP contribution in [0.1, 0.15) is 39.7 Å². The molecule has 0 aromatic heterocycles. The van der Waals surface area contributed by atoms with Crippen molar-refractivity contribution < 1.29 is 31.7 Å². The zero-order chi connectivity index (χ0) is 32.8.